The van der Waals surface area contributed by atoms with Gasteiger partial charge in [-0.2, -0.15) is 0 Å². The molecule has 0 amide bonds. The van der Waals surface area contributed by atoms with Crippen molar-refractivity contribution in [3.05, 3.63) is 132 Å². The molecule has 0 atom stereocenters. The molecule has 0 saturated carbocycles. The summed E-state index contributed by atoms with van der Waals surface area (Å²) in [5, 5.41) is 4.02. The monoisotopic (exact) mass is 485 g/mol. The standard InChI is InChI=1S/C37H27N/c1-37(2)31-19-8-6-18-29(31)35-34-26(15-11-20-32(34)37)23-30-28-17-7-9-21-33(28)38(36(30)35)27-16-10-14-25(22-27)24-12-4-3-5-13-24/h3-8,11-15,17-20,22-23H,9,21H2,1-2H3. The second-order valence-corrected chi connectivity index (χ2v) is 11.1. The quantitative estimate of drug-likeness (QED) is 0.230. The molecule has 1 heterocycles. The molecule has 1 heteroatoms. The van der Waals surface area contributed by atoms with Gasteiger partial charge < -0.3 is 4.57 Å². The van der Waals surface area contributed by atoms with Gasteiger partial charge in [0.15, 0.2) is 0 Å². The molecule has 2 aliphatic rings. The molecule has 0 bridgehead atoms. The highest BCUT2D eigenvalue weighted by atomic mass is 15.0. The summed E-state index contributed by atoms with van der Waals surface area (Å²) in [4.78, 5) is 0. The predicted molar refractivity (Wildman–Crippen MR) is 159 cm³/mol. The van der Waals surface area contributed by atoms with Crippen LogP contribution in [0.2, 0.25) is 0 Å². The molecule has 180 valence electrons. The lowest BCUT2D eigenvalue weighted by molar-refractivity contribution is 0.645. The number of nitrogens with zero attached hydrogens (tertiary/aromatic N) is 1. The minimum Gasteiger partial charge on any atom is -0.305 e. The summed E-state index contributed by atoms with van der Waals surface area (Å²) < 4.78 is 2.50. The number of aromatic nitrogens is 1. The fourth-order valence-electron chi connectivity index (χ4n) is 6.92. The second-order valence-electron chi connectivity index (χ2n) is 11.1. The first kappa shape index (κ1) is 21.5. The fourth-order valence-corrected chi connectivity index (χ4v) is 6.92. The van der Waals surface area contributed by atoms with Gasteiger partial charge in [0.2, 0.25) is 0 Å². The number of fused-ring (bicyclic) bond motifs is 6. The van der Waals surface area contributed by atoms with E-state index in [1.54, 1.807) is 0 Å². The molecular weight excluding hydrogens is 458 g/mol. The van der Waals surface area contributed by atoms with Crippen LogP contribution in [0.1, 0.15) is 42.7 Å². The Hall–Kier alpha value is -4.54. The molecule has 1 aromatic heterocycles. The highest BCUT2D eigenvalue weighted by molar-refractivity contribution is 6.17. The minimum atomic E-state index is -0.0686. The SMILES string of the molecule is CC1(C)c2ccccc2-c2c3c1cccc3cc1c3c(n(-c4c#ccc(-c5ccccc5)c4)c21)CCC=C3. The van der Waals surface area contributed by atoms with Gasteiger partial charge in [-0.3, -0.25) is 0 Å². The summed E-state index contributed by atoms with van der Waals surface area (Å²) in [7, 11) is 0. The van der Waals surface area contributed by atoms with Crippen LogP contribution in [0.15, 0.2) is 97.1 Å². The van der Waals surface area contributed by atoms with Crippen molar-refractivity contribution in [3.63, 3.8) is 0 Å². The third-order valence-electron chi connectivity index (χ3n) is 8.68. The molecule has 0 fully saturated rings. The van der Waals surface area contributed by atoms with Crippen molar-refractivity contribution in [3.8, 4) is 27.9 Å². The number of allylic oxidation sites excluding steroid dienone is 1. The topological polar surface area (TPSA) is 4.93 Å². The van der Waals surface area contributed by atoms with Crippen LogP contribution in [0, 0.1) is 12.1 Å². The van der Waals surface area contributed by atoms with Crippen molar-refractivity contribution in [2.75, 3.05) is 0 Å². The van der Waals surface area contributed by atoms with Crippen LogP contribution in [0.3, 0.4) is 0 Å². The van der Waals surface area contributed by atoms with Gasteiger partial charge in [-0.25, -0.2) is 0 Å². The van der Waals surface area contributed by atoms with E-state index in [1.807, 2.05) is 6.07 Å². The minimum absolute atomic E-state index is 0.0686. The summed E-state index contributed by atoms with van der Waals surface area (Å²) in [5.74, 6) is 0. The highest BCUT2D eigenvalue weighted by Crippen LogP contribution is 2.52. The van der Waals surface area contributed by atoms with E-state index in [0.29, 0.717) is 0 Å². The largest absolute Gasteiger partial charge is 0.305 e. The van der Waals surface area contributed by atoms with Gasteiger partial charge in [0, 0.05) is 27.6 Å². The lowest BCUT2D eigenvalue weighted by Crippen LogP contribution is -2.23. The zero-order valence-corrected chi connectivity index (χ0v) is 21.7. The Morgan fingerprint density at radius 3 is 2.53 bits per heavy atom. The Labute approximate surface area is 223 Å². The van der Waals surface area contributed by atoms with Crippen LogP contribution in [0.5, 0.6) is 0 Å². The van der Waals surface area contributed by atoms with E-state index in [2.05, 4.69) is 128 Å². The predicted octanol–water partition coefficient (Wildman–Crippen LogP) is 9.32. The molecule has 6 aromatic rings. The summed E-state index contributed by atoms with van der Waals surface area (Å²) in [6.07, 6.45) is 6.73. The van der Waals surface area contributed by atoms with Crippen molar-refractivity contribution >= 4 is 27.8 Å². The Kier molecular flexibility index (Phi) is 4.38. The van der Waals surface area contributed by atoms with Crippen LogP contribution < -0.4 is 0 Å². The van der Waals surface area contributed by atoms with Crippen LogP contribution in [-0.2, 0) is 11.8 Å². The summed E-state index contributed by atoms with van der Waals surface area (Å²) >= 11 is 0. The van der Waals surface area contributed by atoms with Crippen molar-refractivity contribution in [2.24, 2.45) is 0 Å². The van der Waals surface area contributed by atoms with E-state index in [1.165, 1.54) is 60.8 Å². The molecule has 0 saturated heterocycles. The molecule has 0 radical (unpaired) electrons. The molecule has 0 N–H and O–H groups in total. The molecule has 38 heavy (non-hydrogen) atoms. The Bertz CT molecular complexity index is 1930. The van der Waals surface area contributed by atoms with Crippen molar-refractivity contribution in [1.29, 1.82) is 0 Å². The zero-order chi connectivity index (χ0) is 25.4. The molecule has 0 aliphatic heterocycles. The molecule has 2 aliphatic carbocycles. The third-order valence-corrected chi connectivity index (χ3v) is 8.68. The maximum absolute atomic E-state index is 3.51. The third kappa shape index (κ3) is 2.84. The Morgan fingerprint density at radius 1 is 0.816 bits per heavy atom. The van der Waals surface area contributed by atoms with Crippen molar-refractivity contribution in [2.45, 2.75) is 32.1 Å². The van der Waals surface area contributed by atoms with Crippen LogP contribution in [-0.4, -0.2) is 4.57 Å². The van der Waals surface area contributed by atoms with Crippen molar-refractivity contribution in [1.82, 2.24) is 4.57 Å². The van der Waals surface area contributed by atoms with Gasteiger partial charge in [-0.15, -0.1) is 0 Å². The first-order chi connectivity index (χ1) is 18.6. The van der Waals surface area contributed by atoms with Gasteiger partial charge in [0.05, 0.1) is 11.2 Å². The molecule has 1 nitrogen and oxygen atoms in total. The molecule has 0 spiro atoms. The van der Waals surface area contributed by atoms with E-state index >= 15 is 0 Å². The average molecular weight is 486 g/mol. The molecule has 8 rings (SSSR count). The van der Waals surface area contributed by atoms with Crippen LogP contribution in [0.4, 0.5) is 0 Å². The molecular formula is C37H27N. The van der Waals surface area contributed by atoms with Gasteiger partial charge in [0.25, 0.3) is 0 Å². The molecule has 0 unspecified atom stereocenters. The lowest BCUT2D eigenvalue weighted by atomic mass is 9.68. The number of benzene rings is 4. The number of hydrogen-bond donors (Lipinski definition) is 0. The summed E-state index contributed by atoms with van der Waals surface area (Å²) in [5.41, 5.74) is 12.8. The van der Waals surface area contributed by atoms with Crippen LogP contribution >= 0.6 is 0 Å². The normalized spacial score (nSPS) is 14.8. The van der Waals surface area contributed by atoms with E-state index in [4.69, 9.17) is 0 Å². The highest BCUT2D eigenvalue weighted by Gasteiger charge is 2.35. The van der Waals surface area contributed by atoms with E-state index < -0.39 is 0 Å². The van der Waals surface area contributed by atoms with Crippen LogP contribution in [0.25, 0.3) is 55.7 Å². The van der Waals surface area contributed by atoms with Gasteiger partial charge in [-0.05, 0) is 75.7 Å². The first-order valence-electron chi connectivity index (χ1n) is 13.5. The van der Waals surface area contributed by atoms with Gasteiger partial charge >= 0.3 is 0 Å². The Morgan fingerprint density at radius 2 is 1.63 bits per heavy atom. The zero-order valence-electron chi connectivity index (χ0n) is 21.7. The van der Waals surface area contributed by atoms with Gasteiger partial charge in [-0.1, -0.05) is 105 Å². The average Bonchev–Trinajstić information content (AvgIpc) is 3.30. The number of rotatable bonds is 2. The van der Waals surface area contributed by atoms with Gasteiger partial charge in [0.1, 0.15) is 0 Å². The smallest absolute Gasteiger partial charge is 0.0977 e. The lowest BCUT2D eigenvalue weighted by Gasteiger charge is -2.35. The fraction of sp³-hybridized carbons (Fsp3) is 0.135. The van der Waals surface area contributed by atoms with Crippen molar-refractivity contribution < 1.29 is 0 Å². The summed E-state index contributed by atoms with van der Waals surface area (Å²) in [6.45, 7) is 4.74. The van der Waals surface area contributed by atoms with E-state index in [-0.39, 0.29) is 5.41 Å². The Balaban J connectivity index is 1.56. The maximum Gasteiger partial charge on any atom is 0.0977 e. The summed E-state index contributed by atoms with van der Waals surface area (Å²) in [6, 6.07) is 40.1. The maximum atomic E-state index is 3.51. The first-order valence-corrected chi connectivity index (χ1v) is 13.5. The van der Waals surface area contributed by atoms with E-state index in [0.717, 1.165) is 24.1 Å². The molecule has 5 aromatic carbocycles. The second kappa shape index (κ2) is 7.73. The van der Waals surface area contributed by atoms with E-state index in [9.17, 15) is 0 Å². The number of hydrogen-bond acceptors (Lipinski definition) is 0.